The maximum Gasteiger partial charge on any atom is 0.240 e. The van der Waals surface area contributed by atoms with E-state index in [9.17, 15) is 13.2 Å². The molecule has 0 spiro atoms. The second-order valence-corrected chi connectivity index (χ2v) is 7.84. The molecule has 3 rings (SSSR count). The Balaban J connectivity index is 1.52. The van der Waals surface area contributed by atoms with Crippen molar-refractivity contribution in [3.05, 3.63) is 66.2 Å². The Morgan fingerprint density at radius 3 is 2.42 bits per heavy atom. The van der Waals surface area contributed by atoms with E-state index >= 15 is 0 Å². The van der Waals surface area contributed by atoms with Crippen molar-refractivity contribution in [2.45, 2.75) is 17.4 Å². The molecule has 2 aromatic carbocycles. The molecule has 1 atom stereocenters. The molecular formula is C19H22N2O4S. The fourth-order valence-corrected chi connectivity index (χ4v) is 3.93. The lowest BCUT2D eigenvalue weighted by Crippen LogP contribution is -2.43. The average Bonchev–Trinajstić information content (AvgIpc) is 2.69. The predicted molar refractivity (Wildman–Crippen MR) is 98.0 cm³/mol. The number of nitrogens with one attached hydrogen (secondary N) is 1. The molecule has 1 amide bonds. The lowest BCUT2D eigenvalue weighted by molar-refractivity contribution is -0.138. The first-order valence-electron chi connectivity index (χ1n) is 8.55. The highest BCUT2D eigenvalue weighted by atomic mass is 32.2. The van der Waals surface area contributed by atoms with Gasteiger partial charge in [-0.1, -0.05) is 48.5 Å². The summed E-state index contributed by atoms with van der Waals surface area (Å²) in [5.41, 5.74) is 1.04. The quantitative estimate of drug-likeness (QED) is 0.839. The minimum absolute atomic E-state index is 0.0728. The van der Waals surface area contributed by atoms with Gasteiger partial charge in [0, 0.05) is 19.5 Å². The van der Waals surface area contributed by atoms with Gasteiger partial charge in [-0.05, 0) is 17.7 Å². The van der Waals surface area contributed by atoms with Gasteiger partial charge in [0.25, 0.3) is 0 Å². The molecule has 1 fully saturated rings. The van der Waals surface area contributed by atoms with Gasteiger partial charge in [0.05, 0.1) is 18.0 Å². The third-order valence-corrected chi connectivity index (χ3v) is 5.75. The van der Waals surface area contributed by atoms with E-state index in [0.717, 1.165) is 5.56 Å². The van der Waals surface area contributed by atoms with Gasteiger partial charge in [-0.25, -0.2) is 13.1 Å². The summed E-state index contributed by atoms with van der Waals surface area (Å²) in [6.07, 6.45) is -0.0250. The Morgan fingerprint density at radius 2 is 1.73 bits per heavy atom. The van der Waals surface area contributed by atoms with Gasteiger partial charge < -0.3 is 9.64 Å². The fourth-order valence-electron chi connectivity index (χ4n) is 2.88. The van der Waals surface area contributed by atoms with E-state index in [2.05, 4.69) is 4.72 Å². The van der Waals surface area contributed by atoms with Crippen LogP contribution in [0.4, 0.5) is 0 Å². The number of ether oxygens (including phenoxy) is 1. The first-order chi connectivity index (χ1) is 12.6. The Kier molecular flexibility index (Phi) is 6.03. The molecule has 1 heterocycles. The van der Waals surface area contributed by atoms with Gasteiger partial charge in [-0.15, -0.1) is 0 Å². The number of morpholine rings is 1. The van der Waals surface area contributed by atoms with Crippen LogP contribution in [0.25, 0.3) is 0 Å². The Hall–Kier alpha value is -2.22. The van der Waals surface area contributed by atoms with Crippen molar-refractivity contribution in [1.29, 1.82) is 0 Å². The van der Waals surface area contributed by atoms with E-state index in [4.69, 9.17) is 4.74 Å². The van der Waals surface area contributed by atoms with Gasteiger partial charge in [0.15, 0.2) is 0 Å². The van der Waals surface area contributed by atoms with Crippen LogP contribution < -0.4 is 4.72 Å². The molecule has 1 saturated heterocycles. The molecule has 0 saturated carbocycles. The number of hydrogen-bond acceptors (Lipinski definition) is 4. The highest BCUT2D eigenvalue weighted by Crippen LogP contribution is 2.22. The molecule has 1 aliphatic heterocycles. The van der Waals surface area contributed by atoms with Crippen molar-refractivity contribution < 1.29 is 17.9 Å². The van der Waals surface area contributed by atoms with E-state index in [1.165, 1.54) is 12.1 Å². The summed E-state index contributed by atoms with van der Waals surface area (Å²) in [5.74, 6) is -0.0787. The molecule has 0 unspecified atom stereocenters. The largest absolute Gasteiger partial charge is 0.370 e. The molecule has 2 aromatic rings. The molecule has 6 nitrogen and oxygen atoms in total. The number of carbonyl (C=O) groups excluding carboxylic acids is 1. The second-order valence-electron chi connectivity index (χ2n) is 6.07. The van der Waals surface area contributed by atoms with E-state index in [-0.39, 0.29) is 29.9 Å². The molecule has 0 aliphatic carbocycles. The average molecular weight is 374 g/mol. The molecule has 1 N–H and O–H groups in total. The van der Waals surface area contributed by atoms with Crippen molar-refractivity contribution in [2.75, 3.05) is 26.2 Å². The van der Waals surface area contributed by atoms with Gasteiger partial charge in [-0.3, -0.25) is 4.79 Å². The topological polar surface area (TPSA) is 75.7 Å². The van der Waals surface area contributed by atoms with Crippen molar-refractivity contribution in [3.63, 3.8) is 0 Å². The van der Waals surface area contributed by atoms with Gasteiger partial charge in [0.2, 0.25) is 15.9 Å². The standard InChI is InChI=1S/C19H22N2O4S/c22-19(11-12-20-26(23,24)17-9-5-2-6-10-17)21-13-14-25-18(15-21)16-7-3-1-4-8-16/h1-10,18,20H,11-15H2/t18-/m1/s1. The lowest BCUT2D eigenvalue weighted by Gasteiger charge is -2.33. The molecule has 0 aromatic heterocycles. The van der Waals surface area contributed by atoms with Crippen LogP contribution in [-0.4, -0.2) is 45.5 Å². The zero-order valence-corrected chi connectivity index (χ0v) is 15.2. The number of hydrogen-bond donors (Lipinski definition) is 1. The highest BCUT2D eigenvalue weighted by molar-refractivity contribution is 7.89. The van der Waals surface area contributed by atoms with Gasteiger partial charge in [-0.2, -0.15) is 0 Å². The minimum atomic E-state index is -3.59. The zero-order chi connectivity index (χ0) is 18.4. The smallest absolute Gasteiger partial charge is 0.240 e. The maximum atomic E-state index is 12.4. The van der Waals surface area contributed by atoms with Crippen LogP contribution in [0.15, 0.2) is 65.6 Å². The van der Waals surface area contributed by atoms with Crippen LogP contribution in [-0.2, 0) is 19.6 Å². The monoisotopic (exact) mass is 374 g/mol. The molecule has 0 bridgehead atoms. The molecule has 1 aliphatic rings. The first kappa shape index (κ1) is 18.6. The lowest BCUT2D eigenvalue weighted by atomic mass is 10.1. The molecule has 7 heteroatoms. The van der Waals surface area contributed by atoms with Crippen LogP contribution in [0.5, 0.6) is 0 Å². The van der Waals surface area contributed by atoms with E-state index < -0.39 is 10.0 Å². The van der Waals surface area contributed by atoms with E-state index in [0.29, 0.717) is 19.7 Å². The molecular weight excluding hydrogens is 352 g/mol. The van der Waals surface area contributed by atoms with E-state index in [1.807, 2.05) is 30.3 Å². The van der Waals surface area contributed by atoms with Crippen LogP contribution in [0.3, 0.4) is 0 Å². The third kappa shape index (κ3) is 4.69. The Bertz CT molecular complexity index is 825. The Morgan fingerprint density at radius 1 is 1.08 bits per heavy atom. The van der Waals surface area contributed by atoms with Crippen LogP contribution in [0.2, 0.25) is 0 Å². The second kappa shape index (κ2) is 8.44. The van der Waals surface area contributed by atoms with Crippen molar-refractivity contribution in [3.8, 4) is 0 Å². The van der Waals surface area contributed by atoms with Crippen LogP contribution >= 0.6 is 0 Å². The molecule has 0 radical (unpaired) electrons. The molecule has 138 valence electrons. The number of benzene rings is 2. The number of sulfonamides is 1. The summed E-state index contributed by atoms with van der Waals surface area (Å²) in [6, 6.07) is 17.9. The fraction of sp³-hybridized carbons (Fsp3) is 0.316. The van der Waals surface area contributed by atoms with Gasteiger partial charge in [0.1, 0.15) is 6.10 Å². The number of carbonyl (C=O) groups is 1. The van der Waals surface area contributed by atoms with E-state index in [1.54, 1.807) is 23.1 Å². The van der Waals surface area contributed by atoms with Crippen molar-refractivity contribution in [1.82, 2.24) is 9.62 Å². The summed E-state index contributed by atoms with van der Waals surface area (Å²) in [6.45, 7) is 1.55. The maximum absolute atomic E-state index is 12.4. The summed E-state index contributed by atoms with van der Waals surface area (Å²) in [7, 11) is -3.59. The SMILES string of the molecule is O=C(CCNS(=O)(=O)c1ccccc1)N1CCO[C@@H](c2ccccc2)C1. The summed E-state index contributed by atoms with van der Waals surface area (Å²) in [4.78, 5) is 14.4. The van der Waals surface area contributed by atoms with Crippen molar-refractivity contribution in [2.24, 2.45) is 0 Å². The first-order valence-corrected chi connectivity index (χ1v) is 10.0. The van der Waals surface area contributed by atoms with Crippen molar-refractivity contribution >= 4 is 15.9 Å². The minimum Gasteiger partial charge on any atom is -0.370 e. The normalized spacial score (nSPS) is 17.8. The highest BCUT2D eigenvalue weighted by Gasteiger charge is 2.25. The Labute approximate surface area is 153 Å². The zero-order valence-electron chi connectivity index (χ0n) is 14.4. The number of amides is 1. The summed E-state index contributed by atoms with van der Waals surface area (Å²) < 4.78 is 32.6. The summed E-state index contributed by atoms with van der Waals surface area (Å²) in [5, 5.41) is 0. The number of nitrogens with zero attached hydrogens (tertiary/aromatic N) is 1. The van der Waals surface area contributed by atoms with Gasteiger partial charge >= 0.3 is 0 Å². The summed E-state index contributed by atoms with van der Waals surface area (Å²) >= 11 is 0. The predicted octanol–water partition coefficient (Wildman–Crippen LogP) is 1.96. The van der Waals surface area contributed by atoms with Crippen LogP contribution in [0.1, 0.15) is 18.1 Å². The number of rotatable bonds is 6. The van der Waals surface area contributed by atoms with Crippen LogP contribution in [0, 0.1) is 0 Å². The molecule has 26 heavy (non-hydrogen) atoms. The third-order valence-electron chi connectivity index (χ3n) is 4.27.